The number of nitrogens with zero attached hydrogens (tertiary/aromatic N) is 4. The number of benzene rings is 2. The van der Waals surface area contributed by atoms with Gasteiger partial charge in [0.1, 0.15) is 0 Å². The highest BCUT2D eigenvalue weighted by Gasteiger charge is 2.31. The van der Waals surface area contributed by atoms with Crippen LogP contribution in [-0.2, 0) is 13.2 Å². The molecule has 0 spiro atoms. The molecule has 2 amide bonds. The molecule has 160 valence electrons. The van der Waals surface area contributed by atoms with Gasteiger partial charge in [-0.3, -0.25) is 4.68 Å². The number of anilines is 2. The average molecular weight is 428 g/mol. The van der Waals surface area contributed by atoms with Crippen LogP contribution in [0.3, 0.4) is 0 Å². The maximum atomic E-state index is 13.4. The van der Waals surface area contributed by atoms with Gasteiger partial charge in [-0.2, -0.15) is 18.3 Å². The van der Waals surface area contributed by atoms with Gasteiger partial charge in [-0.05, 0) is 50.2 Å². The summed E-state index contributed by atoms with van der Waals surface area (Å²) >= 11 is 0. The zero-order chi connectivity index (χ0) is 22.3. The van der Waals surface area contributed by atoms with Gasteiger partial charge in [-0.15, -0.1) is 0 Å². The monoisotopic (exact) mass is 428 g/mol. The number of halogens is 3. The molecule has 0 bridgehead atoms. The first-order chi connectivity index (χ1) is 14.6. The zero-order valence-electron chi connectivity index (χ0n) is 16.9. The summed E-state index contributed by atoms with van der Waals surface area (Å²) in [4.78, 5) is 16.5. The Bertz CT molecular complexity index is 1290. The number of imidazole rings is 1. The topological polar surface area (TPSA) is 76.8 Å². The molecule has 0 saturated carbocycles. The number of fused-ring (bicyclic) bond motifs is 1. The predicted molar refractivity (Wildman–Crippen MR) is 111 cm³/mol. The number of hydrogen-bond donors (Lipinski definition) is 2. The van der Waals surface area contributed by atoms with E-state index in [9.17, 15) is 18.0 Å². The van der Waals surface area contributed by atoms with Crippen LogP contribution in [0.15, 0.2) is 48.9 Å². The van der Waals surface area contributed by atoms with Crippen LogP contribution in [-0.4, -0.2) is 25.4 Å². The van der Waals surface area contributed by atoms with Crippen molar-refractivity contribution in [3.8, 4) is 5.69 Å². The van der Waals surface area contributed by atoms with Crippen molar-refractivity contribution < 1.29 is 18.0 Å². The fraction of sp³-hybridized carbons (Fsp3) is 0.190. The molecule has 0 aliphatic carbocycles. The summed E-state index contributed by atoms with van der Waals surface area (Å²) in [6, 6.07) is 7.91. The molecule has 0 saturated heterocycles. The van der Waals surface area contributed by atoms with Crippen molar-refractivity contribution in [1.29, 1.82) is 0 Å². The third-order valence-corrected chi connectivity index (χ3v) is 4.90. The van der Waals surface area contributed by atoms with Crippen LogP contribution < -0.4 is 10.6 Å². The standard InChI is InChI=1S/C21H19F3N6O/c1-12-10-30(11-25-12)17-7-14(21(22,23)24)6-16(8-17)27-20(31)26-15-4-5-18-13(2)29(3)28-19(18)9-15/h4-11H,1-3H3,(H2,26,27,31). The highest BCUT2D eigenvalue weighted by molar-refractivity contribution is 6.01. The maximum absolute atomic E-state index is 13.4. The largest absolute Gasteiger partial charge is 0.416 e. The molecule has 2 aromatic heterocycles. The molecule has 31 heavy (non-hydrogen) atoms. The first-order valence-electron chi connectivity index (χ1n) is 9.35. The minimum atomic E-state index is -4.57. The first kappa shape index (κ1) is 20.5. The van der Waals surface area contributed by atoms with E-state index in [2.05, 4.69) is 20.7 Å². The second-order valence-electron chi connectivity index (χ2n) is 7.21. The molecule has 0 aliphatic heterocycles. The molecule has 7 nitrogen and oxygen atoms in total. The Morgan fingerprint density at radius 2 is 1.77 bits per heavy atom. The molecular formula is C21H19F3N6O. The van der Waals surface area contributed by atoms with E-state index in [0.717, 1.165) is 23.2 Å². The van der Waals surface area contributed by atoms with Crippen molar-refractivity contribution >= 4 is 28.3 Å². The highest BCUT2D eigenvalue weighted by atomic mass is 19.4. The summed E-state index contributed by atoms with van der Waals surface area (Å²) in [6.45, 7) is 3.67. The third kappa shape index (κ3) is 4.23. The lowest BCUT2D eigenvalue weighted by Crippen LogP contribution is -2.20. The molecule has 0 unspecified atom stereocenters. The molecule has 2 N–H and O–H groups in total. The molecule has 0 radical (unpaired) electrons. The van der Waals surface area contributed by atoms with Crippen molar-refractivity contribution in [2.24, 2.45) is 7.05 Å². The second-order valence-corrected chi connectivity index (χ2v) is 7.21. The SMILES string of the molecule is Cc1cn(-c2cc(NC(=O)Nc3ccc4c(C)n(C)nc4c3)cc(C(F)(F)F)c2)cn1. The van der Waals surface area contributed by atoms with Gasteiger partial charge >= 0.3 is 12.2 Å². The normalized spacial score (nSPS) is 11.7. The third-order valence-electron chi connectivity index (χ3n) is 4.90. The van der Waals surface area contributed by atoms with E-state index < -0.39 is 17.8 Å². The van der Waals surface area contributed by atoms with Crippen LogP contribution in [0, 0.1) is 13.8 Å². The first-order valence-corrected chi connectivity index (χ1v) is 9.35. The Labute approximate surface area is 175 Å². The van der Waals surface area contributed by atoms with E-state index in [-0.39, 0.29) is 11.4 Å². The number of rotatable bonds is 3. The van der Waals surface area contributed by atoms with Gasteiger partial charge in [0.15, 0.2) is 0 Å². The van der Waals surface area contributed by atoms with Crippen LogP contribution in [0.25, 0.3) is 16.6 Å². The Kier molecular flexibility index (Phi) is 4.92. The number of aromatic nitrogens is 4. The smallest absolute Gasteiger partial charge is 0.308 e. The lowest BCUT2D eigenvalue weighted by atomic mass is 10.1. The molecule has 2 aromatic carbocycles. The number of alkyl halides is 3. The molecule has 0 aliphatic rings. The van der Waals surface area contributed by atoms with E-state index in [0.29, 0.717) is 16.9 Å². The second kappa shape index (κ2) is 7.46. The summed E-state index contributed by atoms with van der Waals surface area (Å²) in [5.74, 6) is 0. The number of carbonyl (C=O) groups is 1. The van der Waals surface area contributed by atoms with Crippen LogP contribution in [0.2, 0.25) is 0 Å². The van der Waals surface area contributed by atoms with Crippen molar-refractivity contribution in [3.63, 3.8) is 0 Å². The number of carbonyl (C=O) groups excluding carboxylic acids is 1. The quantitative estimate of drug-likeness (QED) is 0.480. The summed E-state index contributed by atoms with van der Waals surface area (Å²) in [5, 5.41) is 10.4. The van der Waals surface area contributed by atoms with E-state index >= 15 is 0 Å². The van der Waals surface area contributed by atoms with E-state index in [1.54, 1.807) is 29.9 Å². The van der Waals surface area contributed by atoms with Crippen molar-refractivity contribution in [2.45, 2.75) is 20.0 Å². The molecule has 4 aromatic rings. The minimum Gasteiger partial charge on any atom is -0.308 e. The Morgan fingerprint density at radius 1 is 1.03 bits per heavy atom. The Morgan fingerprint density at radius 3 is 2.45 bits per heavy atom. The number of nitrogens with one attached hydrogen (secondary N) is 2. The lowest BCUT2D eigenvalue weighted by Gasteiger charge is -2.14. The summed E-state index contributed by atoms with van der Waals surface area (Å²) in [5.41, 5.74) is 2.17. The predicted octanol–water partition coefficient (Wildman–Crippen LogP) is 5.04. The highest BCUT2D eigenvalue weighted by Crippen LogP contribution is 2.33. The molecule has 10 heteroatoms. The van der Waals surface area contributed by atoms with E-state index in [1.165, 1.54) is 17.0 Å². The van der Waals surface area contributed by atoms with E-state index in [4.69, 9.17) is 0 Å². The van der Waals surface area contributed by atoms with Gasteiger partial charge in [-0.1, -0.05) is 0 Å². The summed E-state index contributed by atoms with van der Waals surface area (Å²) in [7, 11) is 1.82. The average Bonchev–Trinajstić information content (AvgIpc) is 3.24. The van der Waals surface area contributed by atoms with Gasteiger partial charge < -0.3 is 15.2 Å². The fourth-order valence-electron chi connectivity index (χ4n) is 3.26. The Balaban J connectivity index is 1.59. The zero-order valence-corrected chi connectivity index (χ0v) is 16.9. The maximum Gasteiger partial charge on any atom is 0.416 e. The van der Waals surface area contributed by atoms with Gasteiger partial charge in [0.05, 0.1) is 23.1 Å². The summed E-state index contributed by atoms with van der Waals surface area (Å²) < 4.78 is 43.3. The van der Waals surface area contributed by atoms with Crippen LogP contribution >= 0.6 is 0 Å². The molecule has 2 heterocycles. The molecule has 0 fully saturated rings. The Hall–Kier alpha value is -3.82. The minimum absolute atomic E-state index is 0.00318. The molecular weight excluding hydrogens is 409 g/mol. The molecule has 0 atom stereocenters. The van der Waals surface area contributed by atoms with Crippen molar-refractivity contribution in [3.05, 3.63) is 65.9 Å². The van der Waals surface area contributed by atoms with Gasteiger partial charge in [0.2, 0.25) is 0 Å². The number of aryl methyl sites for hydroxylation is 3. The van der Waals surface area contributed by atoms with E-state index in [1.807, 2.05) is 20.0 Å². The van der Waals surface area contributed by atoms with Gasteiger partial charge in [-0.25, -0.2) is 9.78 Å². The van der Waals surface area contributed by atoms with Gasteiger partial charge in [0, 0.05) is 41.4 Å². The van der Waals surface area contributed by atoms with Crippen molar-refractivity contribution in [1.82, 2.24) is 19.3 Å². The number of hydrogen-bond acceptors (Lipinski definition) is 3. The van der Waals surface area contributed by atoms with Crippen molar-refractivity contribution in [2.75, 3.05) is 10.6 Å². The molecule has 4 rings (SSSR count). The van der Waals surface area contributed by atoms with Gasteiger partial charge in [0.25, 0.3) is 0 Å². The number of urea groups is 1. The number of amides is 2. The summed E-state index contributed by atoms with van der Waals surface area (Å²) in [6.07, 6.45) is -1.55. The van der Waals surface area contributed by atoms with Crippen LogP contribution in [0.4, 0.5) is 29.3 Å². The fourth-order valence-corrected chi connectivity index (χ4v) is 3.26. The van der Waals surface area contributed by atoms with Crippen LogP contribution in [0.1, 0.15) is 17.0 Å². The van der Waals surface area contributed by atoms with Crippen LogP contribution in [0.5, 0.6) is 0 Å². The lowest BCUT2D eigenvalue weighted by molar-refractivity contribution is -0.137.